The third kappa shape index (κ3) is 3.29. The minimum atomic E-state index is -0.754. The third-order valence-corrected chi connectivity index (χ3v) is 12.5. The van der Waals surface area contributed by atoms with E-state index in [2.05, 4.69) is 40.7 Å². The molecule has 3 saturated carbocycles. The van der Waals surface area contributed by atoms with Crippen LogP contribution in [-0.4, -0.2) is 22.6 Å². The molecule has 0 aromatic heterocycles. The molecule has 0 bridgehead atoms. The van der Waals surface area contributed by atoms with Gasteiger partial charge in [-0.25, -0.2) is 0 Å². The van der Waals surface area contributed by atoms with Gasteiger partial charge in [-0.3, -0.25) is 14.4 Å². The van der Waals surface area contributed by atoms with Gasteiger partial charge in [-0.2, -0.15) is 5.26 Å². The van der Waals surface area contributed by atoms with E-state index in [1.807, 2.05) is 26.0 Å². The molecule has 5 aliphatic rings. The number of carbonyl (C=O) groups excluding carboxylic acids is 2. The minimum Gasteiger partial charge on any atom is -0.481 e. The number of hydrogen-bond acceptors (Lipinski definition) is 4. The third-order valence-electron chi connectivity index (χ3n) is 12.5. The van der Waals surface area contributed by atoms with Gasteiger partial charge in [0, 0.05) is 16.7 Å². The first-order chi connectivity index (χ1) is 17.0. The first kappa shape index (κ1) is 26.4. The standard InChI is InChI=1S/C32H43NO4/c1-27(2)10-12-32(17-24(35)36)13-11-31(7)25(20(32)16-27)21(34)14-23-29(5)15-19(18-33)26(37)28(3,4)22(29)8-9-30(23,31)6/h14-15,20,22,25H,8-13,16-17H2,1-7H3,(H,35,36)/t20?,22?,25?,29-,30+,31+,32+/m0/s1. The fourth-order valence-corrected chi connectivity index (χ4v) is 10.3. The number of nitrogens with zero attached hydrogens (tertiary/aromatic N) is 1. The smallest absolute Gasteiger partial charge is 0.303 e. The zero-order valence-electron chi connectivity index (χ0n) is 23.7. The normalized spacial score (nSPS) is 45.7. The molecule has 5 rings (SSSR count). The molecule has 0 aromatic carbocycles. The molecule has 3 fully saturated rings. The number of hydrogen-bond donors (Lipinski definition) is 1. The number of Topliss-reactive ketones (excluding diaryl/α,β-unsaturated/α-hetero) is 1. The Bertz CT molecular complexity index is 1200. The van der Waals surface area contributed by atoms with E-state index >= 15 is 0 Å². The van der Waals surface area contributed by atoms with Crippen LogP contribution in [0.3, 0.4) is 0 Å². The molecule has 3 unspecified atom stereocenters. The van der Waals surface area contributed by atoms with E-state index in [9.17, 15) is 24.8 Å². The maximum atomic E-state index is 14.3. The summed E-state index contributed by atoms with van der Waals surface area (Å²) < 4.78 is 0. The largest absolute Gasteiger partial charge is 0.481 e. The molecule has 5 nitrogen and oxygen atoms in total. The molecule has 5 aliphatic carbocycles. The van der Waals surface area contributed by atoms with Crippen LogP contribution in [0.1, 0.15) is 99.8 Å². The molecular weight excluding hydrogens is 462 g/mol. The summed E-state index contributed by atoms with van der Waals surface area (Å²) in [5.41, 5.74) is -0.708. The van der Waals surface area contributed by atoms with Gasteiger partial charge in [0.25, 0.3) is 0 Å². The predicted octanol–water partition coefficient (Wildman–Crippen LogP) is 6.68. The molecule has 0 radical (unpaired) electrons. The maximum absolute atomic E-state index is 14.3. The van der Waals surface area contributed by atoms with E-state index in [0.717, 1.165) is 50.5 Å². The van der Waals surface area contributed by atoms with Gasteiger partial charge in [0.05, 0.1) is 12.0 Å². The topological polar surface area (TPSA) is 95.2 Å². The van der Waals surface area contributed by atoms with Crippen molar-refractivity contribution in [3.63, 3.8) is 0 Å². The second kappa shape index (κ2) is 7.67. The van der Waals surface area contributed by atoms with Crippen LogP contribution in [0.2, 0.25) is 0 Å². The molecule has 37 heavy (non-hydrogen) atoms. The number of rotatable bonds is 2. The Labute approximate surface area is 221 Å². The van der Waals surface area contributed by atoms with Crippen molar-refractivity contribution in [2.45, 2.75) is 99.8 Å². The number of carbonyl (C=O) groups is 3. The summed E-state index contributed by atoms with van der Waals surface area (Å²) in [5.74, 6) is -0.834. The van der Waals surface area contributed by atoms with Crippen LogP contribution < -0.4 is 0 Å². The Morgan fingerprint density at radius 3 is 2.30 bits per heavy atom. The van der Waals surface area contributed by atoms with Gasteiger partial charge in [0.15, 0.2) is 11.6 Å². The van der Waals surface area contributed by atoms with Gasteiger partial charge in [-0.1, -0.05) is 60.1 Å². The van der Waals surface area contributed by atoms with Gasteiger partial charge in [0.2, 0.25) is 0 Å². The lowest BCUT2D eigenvalue weighted by Gasteiger charge is -2.69. The van der Waals surface area contributed by atoms with E-state index in [1.54, 1.807) is 0 Å². The van der Waals surface area contributed by atoms with E-state index in [0.29, 0.717) is 0 Å². The quantitative estimate of drug-likeness (QED) is 0.451. The molecule has 5 heteroatoms. The SMILES string of the molecule is CC1(C)CC[C@]2(CC(=O)O)CC[C@]3(C)C(C(=O)C=C4[C@@]5(C)C=C(C#N)C(=O)C(C)(C)C5CC[C@]43C)C2C1. The molecule has 0 aliphatic heterocycles. The van der Waals surface area contributed by atoms with Gasteiger partial charge in [0.1, 0.15) is 6.07 Å². The van der Waals surface area contributed by atoms with Crippen molar-refractivity contribution < 1.29 is 19.5 Å². The average Bonchev–Trinajstić information content (AvgIpc) is 2.78. The number of carboxylic acids is 1. The Kier molecular flexibility index (Phi) is 5.47. The van der Waals surface area contributed by atoms with Crippen LogP contribution in [0.5, 0.6) is 0 Å². The predicted molar refractivity (Wildman–Crippen MR) is 141 cm³/mol. The lowest BCUT2D eigenvalue weighted by atomic mass is 9.34. The summed E-state index contributed by atoms with van der Waals surface area (Å²) >= 11 is 0. The van der Waals surface area contributed by atoms with E-state index < -0.39 is 16.8 Å². The lowest BCUT2D eigenvalue weighted by molar-refractivity contribution is -0.177. The highest BCUT2D eigenvalue weighted by molar-refractivity contribution is 6.04. The Morgan fingerprint density at radius 2 is 1.68 bits per heavy atom. The van der Waals surface area contributed by atoms with Crippen molar-refractivity contribution in [1.29, 1.82) is 5.26 Å². The summed E-state index contributed by atoms with van der Waals surface area (Å²) in [6.07, 6.45) is 10.1. The number of carboxylic acid groups (broad SMARTS) is 1. The Morgan fingerprint density at radius 1 is 1.03 bits per heavy atom. The summed E-state index contributed by atoms with van der Waals surface area (Å²) in [5, 5.41) is 19.8. The van der Waals surface area contributed by atoms with Gasteiger partial charge in [-0.05, 0) is 84.5 Å². The summed E-state index contributed by atoms with van der Waals surface area (Å²) in [7, 11) is 0. The Hall–Kier alpha value is -2.22. The summed E-state index contributed by atoms with van der Waals surface area (Å²) in [6, 6.07) is 2.17. The second-order valence-electron chi connectivity index (χ2n) is 15.2. The molecule has 0 aromatic rings. The first-order valence-corrected chi connectivity index (χ1v) is 14.1. The molecule has 0 spiro atoms. The van der Waals surface area contributed by atoms with Crippen molar-refractivity contribution >= 4 is 17.5 Å². The highest BCUT2D eigenvalue weighted by Gasteiger charge is 2.69. The molecule has 0 heterocycles. The highest BCUT2D eigenvalue weighted by atomic mass is 16.4. The van der Waals surface area contributed by atoms with Crippen LogP contribution in [0.15, 0.2) is 23.3 Å². The second-order valence-corrected chi connectivity index (χ2v) is 15.2. The molecule has 0 amide bonds. The number of fused-ring (bicyclic) bond motifs is 7. The van der Waals surface area contributed by atoms with Gasteiger partial charge >= 0.3 is 5.97 Å². The summed E-state index contributed by atoms with van der Waals surface area (Å²) in [6.45, 7) is 15.2. The number of nitriles is 1. The zero-order valence-corrected chi connectivity index (χ0v) is 23.7. The van der Waals surface area contributed by atoms with Crippen LogP contribution >= 0.6 is 0 Å². The Balaban J connectivity index is 1.69. The summed E-state index contributed by atoms with van der Waals surface area (Å²) in [4.78, 5) is 39.6. The molecular formula is C32H43NO4. The molecule has 7 atom stereocenters. The monoisotopic (exact) mass is 505 g/mol. The van der Waals surface area contributed by atoms with Crippen LogP contribution in [0, 0.1) is 61.6 Å². The minimum absolute atomic E-state index is 0.0279. The lowest BCUT2D eigenvalue weighted by Crippen LogP contribution is -2.65. The average molecular weight is 506 g/mol. The fourth-order valence-electron chi connectivity index (χ4n) is 10.3. The fraction of sp³-hybridized carbons (Fsp3) is 0.750. The van der Waals surface area contributed by atoms with Crippen LogP contribution in [0.25, 0.3) is 0 Å². The highest BCUT2D eigenvalue weighted by Crippen LogP contribution is 2.74. The molecule has 200 valence electrons. The zero-order chi connectivity index (χ0) is 27.4. The van der Waals surface area contributed by atoms with Crippen molar-refractivity contribution in [2.75, 3.05) is 0 Å². The van der Waals surface area contributed by atoms with Crippen molar-refractivity contribution in [3.05, 3.63) is 23.3 Å². The van der Waals surface area contributed by atoms with Crippen LogP contribution in [-0.2, 0) is 14.4 Å². The molecule has 1 N–H and O–H groups in total. The van der Waals surface area contributed by atoms with E-state index in [4.69, 9.17) is 0 Å². The maximum Gasteiger partial charge on any atom is 0.303 e. The van der Waals surface area contributed by atoms with Crippen molar-refractivity contribution in [2.24, 2.45) is 50.2 Å². The van der Waals surface area contributed by atoms with E-state index in [1.165, 1.54) is 0 Å². The van der Waals surface area contributed by atoms with Gasteiger partial charge in [-0.15, -0.1) is 0 Å². The van der Waals surface area contributed by atoms with Crippen molar-refractivity contribution in [3.8, 4) is 6.07 Å². The van der Waals surface area contributed by atoms with Crippen LogP contribution in [0.4, 0.5) is 0 Å². The first-order valence-electron chi connectivity index (χ1n) is 14.1. The number of allylic oxidation sites excluding steroid dienone is 4. The number of aliphatic carboxylic acids is 1. The van der Waals surface area contributed by atoms with Gasteiger partial charge < -0.3 is 5.11 Å². The van der Waals surface area contributed by atoms with Crippen molar-refractivity contribution in [1.82, 2.24) is 0 Å². The van der Waals surface area contributed by atoms with E-state index in [-0.39, 0.29) is 63.0 Å². The number of ketones is 2. The molecule has 0 saturated heterocycles.